The first kappa shape index (κ1) is 22.3. The zero-order valence-electron chi connectivity index (χ0n) is 15.9. The number of aliphatic hydroxyl groups is 1. The summed E-state index contributed by atoms with van der Waals surface area (Å²) in [5.74, 6) is -1.20. The molecule has 1 aromatic rings. The van der Waals surface area contributed by atoms with Gasteiger partial charge < -0.3 is 19.4 Å². The fourth-order valence-electron chi connectivity index (χ4n) is 3.24. The number of ether oxygens (including phenoxy) is 2. The second-order valence-electron chi connectivity index (χ2n) is 6.77. The van der Waals surface area contributed by atoms with Gasteiger partial charge in [0.25, 0.3) is 6.79 Å². The lowest BCUT2D eigenvalue weighted by Crippen LogP contribution is -2.41. The topological polar surface area (TPSA) is 93.0 Å². The average molecular weight is 494 g/mol. The molecule has 0 aliphatic carbocycles. The summed E-state index contributed by atoms with van der Waals surface area (Å²) in [7, 11) is 0. The summed E-state index contributed by atoms with van der Waals surface area (Å²) in [6.07, 6.45) is -4.60. The maximum Gasteiger partial charge on any atom is 0.430 e. The molecule has 2 heterocycles. The molecule has 1 fully saturated rings. The van der Waals surface area contributed by atoms with E-state index in [-0.39, 0.29) is 18.4 Å². The lowest BCUT2D eigenvalue weighted by molar-refractivity contribution is -0.190. The number of hydrogen-bond donors (Lipinski definition) is 1. The molecule has 0 unspecified atom stereocenters. The molecule has 2 aliphatic rings. The minimum Gasteiger partial charge on any atom is -0.475 e. The van der Waals surface area contributed by atoms with Gasteiger partial charge in [-0.2, -0.15) is 13.2 Å². The van der Waals surface area contributed by atoms with Gasteiger partial charge in [0.1, 0.15) is 5.75 Å². The highest BCUT2D eigenvalue weighted by Crippen LogP contribution is 2.40. The summed E-state index contributed by atoms with van der Waals surface area (Å²) < 4.78 is 50.9. The van der Waals surface area contributed by atoms with Crippen molar-refractivity contribution in [3.8, 4) is 5.75 Å². The molecule has 8 nitrogen and oxygen atoms in total. The van der Waals surface area contributed by atoms with Crippen LogP contribution < -0.4 is 4.74 Å². The fraction of sp³-hybridized carbons (Fsp3) is 0.500. The molecule has 0 amide bonds. The van der Waals surface area contributed by atoms with Crippen LogP contribution in [0, 0.1) is 6.92 Å². The molecule has 30 heavy (non-hydrogen) atoms. The van der Waals surface area contributed by atoms with Gasteiger partial charge in [-0.05, 0) is 48.8 Å². The minimum atomic E-state index is -4.82. The highest BCUT2D eigenvalue weighted by Gasteiger charge is 2.49. The third-order valence-electron chi connectivity index (χ3n) is 4.64. The van der Waals surface area contributed by atoms with E-state index in [0.29, 0.717) is 22.1 Å². The number of fused-ring (bicyclic) bond motifs is 1. The van der Waals surface area contributed by atoms with E-state index < -0.39 is 30.6 Å². The van der Waals surface area contributed by atoms with Gasteiger partial charge in [0, 0.05) is 21.9 Å². The number of rotatable bonds is 6. The molecule has 2 atom stereocenters. The van der Waals surface area contributed by atoms with Crippen molar-refractivity contribution in [1.82, 2.24) is 5.01 Å². The van der Waals surface area contributed by atoms with Crippen LogP contribution in [0.25, 0.3) is 6.08 Å². The Morgan fingerprint density at radius 3 is 2.90 bits per heavy atom. The summed E-state index contributed by atoms with van der Waals surface area (Å²) in [5.41, 5.74) is 0.107. The molecule has 0 spiro atoms. The van der Waals surface area contributed by atoms with Crippen molar-refractivity contribution in [2.45, 2.75) is 38.1 Å². The van der Waals surface area contributed by atoms with Crippen molar-refractivity contribution in [2.24, 2.45) is 10.5 Å². The van der Waals surface area contributed by atoms with Crippen molar-refractivity contribution in [1.29, 1.82) is 0 Å². The van der Waals surface area contributed by atoms with E-state index >= 15 is 0 Å². The Hall–Kier alpha value is -2.34. The Labute approximate surface area is 178 Å². The van der Waals surface area contributed by atoms with Gasteiger partial charge in [-0.15, -0.1) is 0 Å². The first-order valence-corrected chi connectivity index (χ1v) is 9.82. The smallest absolute Gasteiger partial charge is 0.430 e. The van der Waals surface area contributed by atoms with E-state index in [1.807, 2.05) is 0 Å². The van der Waals surface area contributed by atoms with Crippen molar-refractivity contribution < 1.29 is 37.4 Å². The van der Waals surface area contributed by atoms with E-state index in [1.54, 1.807) is 19.1 Å². The number of aryl methyl sites for hydroxylation is 1. The Balaban J connectivity index is 1.67. The van der Waals surface area contributed by atoms with Crippen LogP contribution in [0.3, 0.4) is 0 Å². The fourth-order valence-corrected chi connectivity index (χ4v) is 3.83. The normalized spacial score (nSPS) is 21.3. The number of benzene rings is 1. The molecule has 0 bridgehead atoms. The van der Waals surface area contributed by atoms with Crippen LogP contribution in [0.5, 0.6) is 5.75 Å². The molecule has 0 radical (unpaired) electrons. The lowest BCUT2D eigenvalue weighted by atomic mass is 9.99. The average Bonchev–Trinajstić information content (AvgIpc) is 3.13. The number of halogens is 4. The summed E-state index contributed by atoms with van der Waals surface area (Å²) in [6.45, 7) is 1.38. The van der Waals surface area contributed by atoms with E-state index in [4.69, 9.17) is 14.3 Å². The van der Waals surface area contributed by atoms with Gasteiger partial charge in [0.2, 0.25) is 6.10 Å². The number of esters is 1. The van der Waals surface area contributed by atoms with Crippen molar-refractivity contribution in [2.75, 3.05) is 19.9 Å². The second-order valence-corrected chi connectivity index (χ2v) is 7.69. The largest absolute Gasteiger partial charge is 0.475 e. The standard InChI is InChI=1S/C18H19BrF3N3O5/c1-10-5-12(19)6-11-7-14(16(18(20,21)22)30-15(10)11)17(27)28-9-29-24-23-25-4-2-3-13(25)8-26/h5-7,13,16,26H,2-4,8-9H2,1H3/b24-23-/t13-,16-/m0/s1. The predicted octanol–water partition coefficient (Wildman–Crippen LogP) is 3.72. The summed E-state index contributed by atoms with van der Waals surface area (Å²) >= 11 is 3.26. The molecule has 1 N–H and O–H groups in total. The molecule has 164 valence electrons. The molecule has 1 saturated heterocycles. The molecule has 0 saturated carbocycles. The van der Waals surface area contributed by atoms with Crippen molar-refractivity contribution >= 4 is 28.0 Å². The zero-order chi connectivity index (χ0) is 21.9. The molecule has 12 heteroatoms. The van der Waals surface area contributed by atoms with Crippen LogP contribution in [0.1, 0.15) is 24.0 Å². The van der Waals surface area contributed by atoms with Gasteiger partial charge in [-0.3, -0.25) is 5.01 Å². The Bertz CT molecular complexity index is 862. The summed E-state index contributed by atoms with van der Waals surface area (Å²) in [5, 5.41) is 17.8. The van der Waals surface area contributed by atoms with Crippen LogP contribution in [-0.2, 0) is 14.4 Å². The highest BCUT2D eigenvalue weighted by atomic mass is 79.9. The maximum absolute atomic E-state index is 13.5. The zero-order valence-corrected chi connectivity index (χ0v) is 17.4. The number of carbonyl (C=O) groups is 1. The third-order valence-corrected chi connectivity index (χ3v) is 5.10. The Kier molecular flexibility index (Phi) is 6.86. The maximum atomic E-state index is 13.5. The number of alkyl halides is 3. The monoisotopic (exact) mass is 493 g/mol. The molecule has 2 aliphatic heterocycles. The quantitative estimate of drug-likeness (QED) is 0.213. The Morgan fingerprint density at radius 1 is 1.43 bits per heavy atom. The van der Waals surface area contributed by atoms with E-state index in [2.05, 4.69) is 26.4 Å². The number of carbonyl (C=O) groups excluding carboxylic acids is 1. The van der Waals surface area contributed by atoms with Crippen LogP contribution in [0.2, 0.25) is 0 Å². The van der Waals surface area contributed by atoms with E-state index in [1.165, 1.54) is 5.01 Å². The van der Waals surface area contributed by atoms with Gasteiger partial charge in [0.15, 0.2) is 0 Å². The Morgan fingerprint density at radius 2 is 2.20 bits per heavy atom. The third kappa shape index (κ3) is 5.04. The van der Waals surface area contributed by atoms with E-state index in [9.17, 15) is 23.1 Å². The van der Waals surface area contributed by atoms with E-state index in [0.717, 1.165) is 18.9 Å². The van der Waals surface area contributed by atoms with Crippen LogP contribution in [-0.4, -0.2) is 54.4 Å². The highest BCUT2D eigenvalue weighted by molar-refractivity contribution is 9.10. The van der Waals surface area contributed by atoms with Gasteiger partial charge in [-0.25, -0.2) is 4.79 Å². The molecular weight excluding hydrogens is 475 g/mol. The predicted molar refractivity (Wildman–Crippen MR) is 101 cm³/mol. The van der Waals surface area contributed by atoms with Gasteiger partial charge >= 0.3 is 12.1 Å². The number of hydrogen-bond acceptors (Lipinski definition) is 7. The molecular formula is C18H19BrF3N3O5. The molecule has 3 rings (SSSR count). The van der Waals surface area contributed by atoms with Gasteiger partial charge in [-0.1, -0.05) is 15.9 Å². The van der Waals surface area contributed by atoms with Crippen molar-refractivity contribution in [3.63, 3.8) is 0 Å². The lowest BCUT2D eigenvalue weighted by Gasteiger charge is -2.28. The van der Waals surface area contributed by atoms with Crippen LogP contribution >= 0.6 is 15.9 Å². The number of nitrogens with zero attached hydrogens (tertiary/aromatic N) is 3. The first-order valence-electron chi connectivity index (χ1n) is 9.03. The van der Waals surface area contributed by atoms with Crippen LogP contribution in [0.15, 0.2) is 32.7 Å². The minimum absolute atomic E-state index is 0.0474. The molecule has 0 aromatic heterocycles. The SMILES string of the molecule is Cc1cc(Br)cc2c1O[C@H](C(F)(F)F)C(C(=O)OCO/N=N\N1CCC[C@H]1CO)=C2. The molecule has 1 aromatic carbocycles. The summed E-state index contributed by atoms with van der Waals surface area (Å²) in [6, 6.07) is 2.99. The van der Waals surface area contributed by atoms with Crippen LogP contribution in [0.4, 0.5) is 13.2 Å². The number of aliphatic hydroxyl groups excluding tert-OH is 1. The second kappa shape index (κ2) is 9.21. The van der Waals surface area contributed by atoms with Crippen molar-refractivity contribution in [3.05, 3.63) is 33.3 Å². The summed E-state index contributed by atoms with van der Waals surface area (Å²) in [4.78, 5) is 17.0. The van der Waals surface area contributed by atoms with Gasteiger partial charge in [0.05, 0.1) is 18.2 Å². The first-order chi connectivity index (χ1) is 14.2.